The van der Waals surface area contributed by atoms with E-state index in [0.717, 1.165) is 38.5 Å². The molecule has 0 aliphatic heterocycles. The normalized spacial score (nSPS) is 14.5. The van der Waals surface area contributed by atoms with Crippen LogP contribution in [0.25, 0.3) is 0 Å². The minimum atomic E-state index is -0.302. The maximum absolute atomic E-state index is 9.24. The number of nitrogens with two attached hydrogens (primary N) is 2. The third-order valence-electron chi connectivity index (χ3n) is 4.78. The van der Waals surface area contributed by atoms with Gasteiger partial charge in [-0.25, -0.2) is 0 Å². The molecule has 0 aromatic rings. The Balaban J connectivity index is 0. The van der Waals surface area contributed by atoms with Crippen molar-refractivity contribution in [2.45, 2.75) is 122 Å². The van der Waals surface area contributed by atoms with Crippen molar-refractivity contribution in [3.8, 4) is 0 Å². The Morgan fingerprint density at radius 2 is 1.20 bits per heavy atom. The van der Waals surface area contributed by atoms with Gasteiger partial charge in [-0.05, 0) is 19.3 Å². The van der Waals surface area contributed by atoms with E-state index < -0.39 is 0 Å². The molecular weight excluding hydrogens is 312 g/mol. The van der Waals surface area contributed by atoms with Crippen molar-refractivity contribution in [2.24, 2.45) is 11.5 Å². The highest BCUT2D eigenvalue weighted by Gasteiger charge is 2.22. The summed E-state index contributed by atoms with van der Waals surface area (Å²) in [7, 11) is 0. The molecule has 154 valence electrons. The molecule has 2 unspecified atom stereocenters. The van der Waals surface area contributed by atoms with Crippen molar-refractivity contribution >= 4 is 0 Å². The molecule has 0 heterocycles. The number of unbranched alkanes of at least 4 members (excludes halogenated alkanes) is 8. The molecular formula is C21H48N2O2. The van der Waals surface area contributed by atoms with Gasteiger partial charge in [-0.3, -0.25) is 0 Å². The first kappa shape index (κ1) is 27.1. The molecule has 0 aromatic heterocycles. The number of aliphatic hydroxyl groups is 2. The highest BCUT2D eigenvalue weighted by Crippen LogP contribution is 2.19. The van der Waals surface area contributed by atoms with Crippen LogP contribution in [0, 0.1) is 0 Å². The molecule has 0 saturated heterocycles. The highest BCUT2D eigenvalue weighted by atomic mass is 16.3. The van der Waals surface area contributed by atoms with Crippen molar-refractivity contribution < 1.29 is 10.2 Å². The largest absolute Gasteiger partial charge is 0.395 e. The number of rotatable bonds is 16. The minimum Gasteiger partial charge on any atom is -0.395 e. The molecule has 4 heteroatoms. The topological polar surface area (TPSA) is 92.5 Å². The molecule has 6 N–H and O–H groups in total. The summed E-state index contributed by atoms with van der Waals surface area (Å²) in [5, 5.41) is 17.9. The molecule has 0 fully saturated rings. The van der Waals surface area contributed by atoms with Crippen molar-refractivity contribution in [2.75, 3.05) is 13.2 Å². The summed E-state index contributed by atoms with van der Waals surface area (Å²) < 4.78 is 0. The average Bonchev–Trinajstić information content (AvgIpc) is 2.63. The van der Waals surface area contributed by atoms with Crippen LogP contribution in [0.1, 0.15) is 111 Å². The zero-order chi connectivity index (χ0) is 19.4. The van der Waals surface area contributed by atoms with Crippen molar-refractivity contribution in [3.05, 3.63) is 0 Å². The van der Waals surface area contributed by atoms with E-state index in [1.165, 1.54) is 51.4 Å². The Hall–Kier alpha value is -0.160. The van der Waals surface area contributed by atoms with E-state index in [-0.39, 0.29) is 24.8 Å². The molecule has 25 heavy (non-hydrogen) atoms. The number of aliphatic hydroxyl groups excluding tert-OH is 2. The van der Waals surface area contributed by atoms with Gasteiger partial charge in [0.25, 0.3) is 0 Å². The van der Waals surface area contributed by atoms with Crippen LogP contribution < -0.4 is 11.5 Å². The Kier molecular flexibility index (Phi) is 21.8. The van der Waals surface area contributed by atoms with Crippen LogP contribution in [-0.4, -0.2) is 35.0 Å². The fraction of sp³-hybridized carbons (Fsp3) is 1.00. The van der Waals surface area contributed by atoms with E-state index in [0.29, 0.717) is 0 Å². The van der Waals surface area contributed by atoms with Crippen molar-refractivity contribution in [1.82, 2.24) is 0 Å². The molecule has 2 atom stereocenters. The number of hydrogen-bond donors (Lipinski definition) is 4. The van der Waals surface area contributed by atoms with Crippen molar-refractivity contribution in [3.63, 3.8) is 0 Å². The molecule has 0 radical (unpaired) electrons. The Labute approximate surface area is 157 Å². The SMILES string of the molecule is CCCCCCC(N)(CO)CCCC.CCCCCCCC(N)CO. The van der Waals surface area contributed by atoms with Crippen molar-refractivity contribution in [1.29, 1.82) is 0 Å². The van der Waals surface area contributed by atoms with Crippen LogP contribution in [-0.2, 0) is 0 Å². The first-order valence-corrected chi connectivity index (χ1v) is 10.8. The van der Waals surface area contributed by atoms with E-state index in [1.54, 1.807) is 0 Å². The second kappa shape index (κ2) is 20.2. The van der Waals surface area contributed by atoms with Gasteiger partial charge in [-0.2, -0.15) is 0 Å². The zero-order valence-corrected chi connectivity index (χ0v) is 17.4. The fourth-order valence-electron chi connectivity index (χ4n) is 2.82. The molecule has 0 aromatic carbocycles. The third kappa shape index (κ3) is 20.0. The molecule has 0 spiro atoms. The fourth-order valence-corrected chi connectivity index (χ4v) is 2.82. The Morgan fingerprint density at radius 3 is 1.68 bits per heavy atom. The van der Waals surface area contributed by atoms with E-state index in [9.17, 15) is 5.11 Å². The van der Waals surface area contributed by atoms with E-state index in [2.05, 4.69) is 20.8 Å². The molecule has 0 bridgehead atoms. The van der Waals surface area contributed by atoms with Gasteiger partial charge in [0.1, 0.15) is 0 Å². The Morgan fingerprint density at radius 1 is 0.720 bits per heavy atom. The second-order valence-electron chi connectivity index (χ2n) is 7.58. The monoisotopic (exact) mass is 360 g/mol. The molecule has 0 aliphatic carbocycles. The summed E-state index contributed by atoms with van der Waals surface area (Å²) >= 11 is 0. The van der Waals surface area contributed by atoms with Crippen LogP contribution in [0.4, 0.5) is 0 Å². The lowest BCUT2D eigenvalue weighted by molar-refractivity contribution is 0.172. The quantitative estimate of drug-likeness (QED) is 0.305. The van der Waals surface area contributed by atoms with Gasteiger partial charge < -0.3 is 21.7 Å². The second-order valence-corrected chi connectivity index (χ2v) is 7.58. The standard InChI is InChI=1S/C12H27NO.C9H21NO/c1-3-5-7-8-10-12(13,11-14)9-6-4-2;1-2-3-4-5-6-7-9(10)8-11/h14H,3-11,13H2,1-2H3;9,11H,2-8,10H2,1H3. The van der Waals surface area contributed by atoms with Crippen LogP contribution >= 0.6 is 0 Å². The maximum Gasteiger partial charge on any atom is 0.0611 e. The summed E-state index contributed by atoms with van der Waals surface area (Å²) in [5.41, 5.74) is 11.4. The average molecular weight is 361 g/mol. The molecule has 0 amide bonds. The lowest BCUT2D eigenvalue weighted by atomic mass is 9.88. The summed E-state index contributed by atoms with van der Waals surface area (Å²) in [6, 6.07) is 0.0108. The first-order chi connectivity index (χ1) is 12.0. The Bertz CT molecular complexity index is 252. The first-order valence-electron chi connectivity index (χ1n) is 10.8. The van der Waals surface area contributed by atoms with Crippen LogP contribution in [0.15, 0.2) is 0 Å². The van der Waals surface area contributed by atoms with Gasteiger partial charge in [0.05, 0.1) is 13.2 Å². The predicted octanol–water partition coefficient (Wildman–Crippen LogP) is 4.50. The van der Waals surface area contributed by atoms with Gasteiger partial charge in [0.15, 0.2) is 0 Å². The summed E-state index contributed by atoms with van der Waals surface area (Å²) in [4.78, 5) is 0. The number of hydrogen-bond acceptors (Lipinski definition) is 4. The van der Waals surface area contributed by atoms with Crippen LogP contribution in [0.5, 0.6) is 0 Å². The molecule has 4 nitrogen and oxygen atoms in total. The minimum absolute atomic E-state index is 0.0108. The van der Waals surface area contributed by atoms with E-state index in [4.69, 9.17) is 16.6 Å². The van der Waals surface area contributed by atoms with E-state index in [1.807, 2.05) is 0 Å². The molecule has 0 rings (SSSR count). The van der Waals surface area contributed by atoms with Gasteiger partial charge in [0.2, 0.25) is 0 Å². The van der Waals surface area contributed by atoms with Gasteiger partial charge >= 0.3 is 0 Å². The third-order valence-corrected chi connectivity index (χ3v) is 4.78. The maximum atomic E-state index is 9.24. The highest BCUT2D eigenvalue weighted by molar-refractivity contribution is 4.82. The van der Waals surface area contributed by atoms with Gasteiger partial charge in [-0.15, -0.1) is 0 Å². The predicted molar refractivity (Wildman–Crippen MR) is 111 cm³/mol. The molecule has 0 saturated carbocycles. The van der Waals surface area contributed by atoms with Crippen LogP contribution in [0.2, 0.25) is 0 Å². The smallest absolute Gasteiger partial charge is 0.0611 e. The summed E-state index contributed by atoms with van der Waals surface area (Å²) in [6.07, 6.45) is 16.5. The van der Waals surface area contributed by atoms with Gasteiger partial charge in [-0.1, -0.05) is 91.4 Å². The van der Waals surface area contributed by atoms with Gasteiger partial charge in [0, 0.05) is 11.6 Å². The lowest BCUT2D eigenvalue weighted by Crippen LogP contribution is -2.43. The molecule has 0 aliphatic rings. The zero-order valence-electron chi connectivity index (χ0n) is 17.4. The van der Waals surface area contributed by atoms with E-state index >= 15 is 0 Å². The summed E-state index contributed by atoms with van der Waals surface area (Å²) in [6.45, 7) is 6.85. The van der Waals surface area contributed by atoms with Crippen LogP contribution in [0.3, 0.4) is 0 Å². The summed E-state index contributed by atoms with van der Waals surface area (Å²) in [5.74, 6) is 0. The lowest BCUT2D eigenvalue weighted by Gasteiger charge is -2.27.